The van der Waals surface area contributed by atoms with E-state index < -0.39 is 0 Å². The number of hydrogen-bond donors (Lipinski definition) is 1. The predicted molar refractivity (Wildman–Crippen MR) is 56.9 cm³/mol. The van der Waals surface area contributed by atoms with Crippen LogP contribution in [0.4, 0.5) is 0 Å². The van der Waals surface area contributed by atoms with Crippen molar-refractivity contribution in [3.63, 3.8) is 0 Å². The number of para-hydroxylation sites is 2. The SMILES string of the molecule is CC(=O)Oc1ccccc1OCCCN. The number of carbonyl (C=O) groups is 1. The molecule has 0 aliphatic rings. The Hall–Kier alpha value is -1.55. The van der Waals surface area contributed by atoms with Gasteiger partial charge in [0.25, 0.3) is 0 Å². The van der Waals surface area contributed by atoms with E-state index in [1.165, 1.54) is 6.92 Å². The quantitative estimate of drug-likeness (QED) is 0.451. The van der Waals surface area contributed by atoms with E-state index in [1.807, 2.05) is 6.07 Å². The molecule has 0 aliphatic carbocycles. The van der Waals surface area contributed by atoms with Gasteiger partial charge in [-0.3, -0.25) is 4.79 Å². The van der Waals surface area contributed by atoms with E-state index in [0.29, 0.717) is 24.7 Å². The van der Waals surface area contributed by atoms with Crippen LogP contribution in [0.2, 0.25) is 0 Å². The van der Waals surface area contributed by atoms with Crippen molar-refractivity contribution < 1.29 is 14.3 Å². The molecule has 0 aromatic heterocycles. The molecular formula is C11H15NO3. The van der Waals surface area contributed by atoms with Crippen LogP contribution >= 0.6 is 0 Å². The standard InChI is InChI=1S/C11H15NO3/c1-9(13)15-11-6-3-2-5-10(11)14-8-4-7-12/h2-3,5-6H,4,7-8,12H2,1H3. The van der Waals surface area contributed by atoms with E-state index in [-0.39, 0.29) is 5.97 Å². The Morgan fingerprint density at radius 2 is 2.00 bits per heavy atom. The first-order valence-corrected chi connectivity index (χ1v) is 4.84. The number of carbonyl (C=O) groups excluding carboxylic acids is 1. The lowest BCUT2D eigenvalue weighted by molar-refractivity contribution is -0.132. The van der Waals surface area contributed by atoms with Gasteiger partial charge < -0.3 is 15.2 Å². The molecule has 0 unspecified atom stereocenters. The maximum Gasteiger partial charge on any atom is 0.308 e. The molecule has 0 atom stereocenters. The maximum atomic E-state index is 10.8. The average Bonchev–Trinajstić information content (AvgIpc) is 2.20. The molecular weight excluding hydrogens is 194 g/mol. The van der Waals surface area contributed by atoms with Gasteiger partial charge in [-0.1, -0.05) is 12.1 Å². The summed E-state index contributed by atoms with van der Waals surface area (Å²) in [7, 11) is 0. The van der Waals surface area contributed by atoms with Gasteiger partial charge >= 0.3 is 5.97 Å². The van der Waals surface area contributed by atoms with Gasteiger partial charge in [-0.05, 0) is 25.1 Å². The van der Waals surface area contributed by atoms with Crippen molar-refractivity contribution >= 4 is 5.97 Å². The molecule has 0 aliphatic heterocycles. The Morgan fingerprint density at radius 1 is 1.33 bits per heavy atom. The van der Waals surface area contributed by atoms with Gasteiger partial charge in [0.05, 0.1) is 6.61 Å². The molecule has 4 nitrogen and oxygen atoms in total. The lowest BCUT2D eigenvalue weighted by Crippen LogP contribution is -2.08. The van der Waals surface area contributed by atoms with Crippen molar-refractivity contribution in [2.24, 2.45) is 5.73 Å². The van der Waals surface area contributed by atoms with Gasteiger partial charge in [-0.25, -0.2) is 0 Å². The fourth-order valence-corrected chi connectivity index (χ4v) is 1.07. The van der Waals surface area contributed by atoms with E-state index in [9.17, 15) is 4.79 Å². The molecule has 1 aromatic rings. The third kappa shape index (κ3) is 3.99. The normalized spacial score (nSPS) is 9.73. The number of ether oxygens (including phenoxy) is 2. The molecule has 0 fully saturated rings. The second kappa shape index (κ2) is 6.03. The van der Waals surface area contributed by atoms with Crippen molar-refractivity contribution in [2.75, 3.05) is 13.2 Å². The van der Waals surface area contributed by atoms with Crippen molar-refractivity contribution in [3.8, 4) is 11.5 Å². The molecule has 2 N–H and O–H groups in total. The summed E-state index contributed by atoms with van der Waals surface area (Å²) in [5, 5.41) is 0. The smallest absolute Gasteiger partial charge is 0.308 e. The number of hydrogen-bond acceptors (Lipinski definition) is 4. The van der Waals surface area contributed by atoms with Crippen molar-refractivity contribution in [1.82, 2.24) is 0 Å². The third-order valence-corrected chi connectivity index (χ3v) is 1.71. The van der Waals surface area contributed by atoms with Crippen molar-refractivity contribution in [1.29, 1.82) is 0 Å². The molecule has 0 amide bonds. The van der Waals surface area contributed by atoms with Crippen molar-refractivity contribution in [3.05, 3.63) is 24.3 Å². The zero-order chi connectivity index (χ0) is 11.1. The van der Waals surface area contributed by atoms with Gasteiger partial charge in [0.1, 0.15) is 0 Å². The average molecular weight is 209 g/mol. The molecule has 1 aromatic carbocycles. The molecule has 1 rings (SSSR count). The summed E-state index contributed by atoms with van der Waals surface area (Å²) >= 11 is 0. The van der Waals surface area contributed by atoms with Crippen LogP contribution in [-0.4, -0.2) is 19.1 Å². The fourth-order valence-electron chi connectivity index (χ4n) is 1.07. The number of nitrogens with two attached hydrogens (primary N) is 1. The summed E-state index contributed by atoms with van der Waals surface area (Å²) in [6.45, 7) is 2.46. The van der Waals surface area contributed by atoms with Crippen LogP contribution in [0, 0.1) is 0 Å². The lowest BCUT2D eigenvalue weighted by Gasteiger charge is -2.09. The molecule has 82 valence electrons. The second-order valence-corrected chi connectivity index (χ2v) is 3.03. The first kappa shape index (κ1) is 11.5. The number of benzene rings is 1. The van der Waals surface area contributed by atoms with Crippen LogP contribution < -0.4 is 15.2 Å². The highest BCUT2D eigenvalue weighted by Gasteiger charge is 2.05. The van der Waals surface area contributed by atoms with Gasteiger partial charge in [0.2, 0.25) is 0 Å². The van der Waals surface area contributed by atoms with Crippen LogP contribution in [0.3, 0.4) is 0 Å². The van der Waals surface area contributed by atoms with Crippen molar-refractivity contribution in [2.45, 2.75) is 13.3 Å². The molecule has 0 radical (unpaired) electrons. The van der Waals surface area contributed by atoms with Gasteiger partial charge in [0, 0.05) is 6.92 Å². The minimum Gasteiger partial charge on any atom is -0.490 e. The van der Waals surface area contributed by atoms with Crippen LogP contribution in [-0.2, 0) is 4.79 Å². The first-order valence-electron chi connectivity index (χ1n) is 4.84. The van der Waals surface area contributed by atoms with E-state index in [4.69, 9.17) is 15.2 Å². The maximum absolute atomic E-state index is 10.8. The van der Waals surface area contributed by atoms with Crippen LogP contribution in [0.5, 0.6) is 11.5 Å². The molecule has 0 bridgehead atoms. The number of esters is 1. The summed E-state index contributed by atoms with van der Waals surface area (Å²) in [5.41, 5.74) is 5.35. The Morgan fingerprint density at radius 3 is 2.60 bits per heavy atom. The third-order valence-electron chi connectivity index (χ3n) is 1.71. The summed E-state index contributed by atoms with van der Waals surface area (Å²) in [5.74, 6) is 0.660. The summed E-state index contributed by atoms with van der Waals surface area (Å²) in [4.78, 5) is 10.8. The van der Waals surface area contributed by atoms with E-state index in [1.54, 1.807) is 18.2 Å². The zero-order valence-electron chi connectivity index (χ0n) is 8.73. The van der Waals surface area contributed by atoms with Gasteiger partial charge in [-0.15, -0.1) is 0 Å². The van der Waals surface area contributed by atoms with E-state index in [2.05, 4.69) is 0 Å². The lowest BCUT2D eigenvalue weighted by atomic mass is 10.3. The Kier molecular flexibility index (Phi) is 4.63. The summed E-state index contributed by atoms with van der Waals surface area (Å²) in [6, 6.07) is 7.06. The minimum absolute atomic E-state index is 0.357. The Bertz CT molecular complexity index is 325. The van der Waals surface area contributed by atoms with E-state index in [0.717, 1.165) is 6.42 Å². The summed E-state index contributed by atoms with van der Waals surface area (Å²) < 4.78 is 10.4. The topological polar surface area (TPSA) is 61.5 Å². The Balaban J connectivity index is 2.64. The number of rotatable bonds is 5. The predicted octanol–water partition coefficient (Wildman–Crippen LogP) is 1.34. The highest BCUT2D eigenvalue weighted by atomic mass is 16.6. The first-order chi connectivity index (χ1) is 7.24. The molecule has 0 heterocycles. The molecule has 0 spiro atoms. The van der Waals surface area contributed by atoms with Crippen LogP contribution in [0.1, 0.15) is 13.3 Å². The largest absolute Gasteiger partial charge is 0.490 e. The van der Waals surface area contributed by atoms with Crippen LogP contribution in [0.25, 0.3) is 0 Å². The summed E-state index contributed by atoms with van der Waals surface area (Å²) in [6.07, 6.45) is 0.772. The van der Waals surface area contributed by atoms with Gasteiger partial charge in [-0.2, -0.15) is 0 Å². The molecule has 0 saturated carbocycles. The molecule has 4 heteroatoms. The zero-order valence-corrected chi connectivity index (χ0v) is 8.73. The van der Waals surface area contributed by atoms with E-state index >= 15 is 0 Å². The van der Waals surface area contributed by atoms with Crippen LogP contribution in [0.15, 0.2) is 24.3 Å². The monoisotopic (exact) mass is 209 g/mol. The Labute approximate surface area is 89.0 Å². The highest BCUT2D eigenvalue weighted by molar-refractivity contribution is 5.70. The fraction of sp³-hybridized carbons (Fsp3) is 0.364. The second-order valence-electron chi connectivity index (χ2n) is 3.03. The highest BCUT2D eigenvalue weighted by Crippen LogP contribution is 2.26. The molecule has 15 heavy (non-hydrogen) atoms. The van der Waals surface area contributed by atoms with Gasteiger partial charge in [0.15, 0.2) is 11.5 Å². The minimum atomic E-state index is -0.357. The molecule has 0 saturated heterocycles.